The highest BCUT2D eigenvalue weighted by molar-refractivity contribution is 7.70. The molecule has 0 spiro atoms. The monoisotopic (exact) mass is 1030 g/mol. The van der Waals surface area contributed by atoms with Crippen molar-refractivity contribution >= 4 is 76.4 Å². The van der Waals surface area contributed by atoms with Crippen LogP contribution >= 0.6 is 7.60 Å². The number of aromatic amines is 1. The molecule has 23 heteroatoms. The largest absolute Gasteiger partial charge is 0.396 e. The number of nitrogens with two attached hydrogens (primary N) is 1. The van der Waals surface area contributed by atoms with Crippen molar-refractivity contribution in [2.75, 3.05) is 13.1 Å². The molecule has 5 aromatic rings. The molecule has 8 N–H and O–H groups in total. The third-order valence-corrected chi connectivity index (χ3v) is 16.0. The molecule has 7 amide bonds. The number of nitrogens with one attached hydrogen (secondary N) is 4. The second-order valence-electron chi connectivity index (χ2n) is 20.0. The number of imidazole rings is 1. The van der Waals surface area contributed by atoms with Gasteiger partial charge in [-0.1, -0.05) is 12.1 Å². The Kier molecular flexibility index (Phi) is 14.8. The van der Waals surface area contributed by atoms with E-state index in [-0.39, 0.29) is 73.5 Å². The van der Waals surface area contributed by atoms with Gasteiger partial charge in [-0.15, -0.1) is 0 Å². The zero-order valence-electron chi connectivity index (χ0n) is 40.7. The van der Waals surface area contributed by atoms with Crippen LogP contribution in [0.25, 0.3) is 21.9 Å². The second-order valence-corrected chi connectivity index (χ2v) is 21.5. The Morgan fingerprint density at radius 3 is 2.41 bits per heavy atom. The van der Waals surface area contributed by atoms with Crippen LogP contribution < -0.4 is 27.4 Å². The van der Waals surface area contributed by atoms with E-state index in [1.54, 1.807) is 36.3 Å². The van der Waals surface area contributed by atoms with Crippen molar-refractivity contribution in [1.82, 2.24) is 44.9 Å². The lowest BCUT2D eigenvalue weighted by molar-refractivity contribution is -0.146. The van der Waals surface area contributed by atoms with E-state index < -0.39 is 72.9 Å². The quantitative estimate of drug-likeness (QED) is 0.0587. The predicted octanol–water partition coefficient (Wildman–Crippen LogP) is 2.76. The molecule has 74 heavy (non-hydrogen) atoms. The van der Waals surface area contributed by atoms with Crippen molar-refractivity contribution in [1.29, 1.82) is 0 Å². The van der Waals surface area contributed by atoms with Gasteiger partial charge in [0.2, 0.25) is 35.4 Å². The van der Waals surface area contributed by atoms with E-state index in [0.29, 0.717) is 65.7 Å². The number of hydrogen-bond donors (Lipinski definition) is 7. The van der Waals surface area contributed by atoms with Crippen molar-refractivity contribution in [3.05, 3.63) is 99.9 Å². The van der Waals surface area contributed by atoms with Crippen molar-refractivity contribution in [2.24, 2.45) is 24.6 Å². The van der Waals surface area contributed by atoms with E-state index in [4.69, 9.17) is 5.73 Å². The molecule has 1 saturated carbocycles. The van der Waals surface area contributed by atoms with Crippen LogP contribution in [0.15, 0.2) is 71.7 Å². The number of pyridine rings is 1. The van der Waals surface area contributed by atoms with Gasteiger partial charge < -0.3 is 40.9 Å². The van der Waals surface area contributed by atoms with E-state index in [0.717, 1.165) is 31.2 Å². The van der Waals surface area contributed by atoms with Gasteiger partial charge in [0.25, 0.3) is 11.4 Å². The van der Waals surface area contributed by atoms with Crippen molar-refractivity contribution < 1.29 is 52.7 Å². The van der Waals surface area contributed by atoms with Crippen LogP contribution in [0.2, 0.25) is 0 Å². The van der Waals surface area contributed by atoms with Gasteiger partial charge in [0.05, 0.1) is 22.8 Å². The maximum absolute atomic E-state index is 15.0. The molecule has 22 nitrogen and oxygen atoms in total. The molecule has 3 aliphatic heterocycles. The zero-order valence-corrected chi connectivity index (χ0v) is 41.6. The van der Waals surface area contributed by atoms with Crippen LogP contribution in [0, 0.1) is 11.8 Å². The summed E-state index contributed by atoms with van der Waals surface area (Å²) in [6, 6.07) is 12.0. The molecule has 4 fully saturated rings. The first-order chi connectivity index (χ1) is 35.3. The van der Waals surface area contributed by atoms with Crippen LogP contribution in [0.1, 0.15) is 121 Å². The Morgan fingerprint density at radius 1 is 0.905 bits per heavy atom. The number of hydrogen-bond acceptors (Lipinski definition) is 11. The number of amides is 7. The molecule has 4 aliphatic rings. The number of piperidine rings is 1. The first-order valence-corrected chi connectivity index (χ1v) is 26.6. The van der Waals surface area contributed by atoms with E-state index in [1.165, 1.54) is 38.3 Å². The lowest BCUT2D eigenvalue weighted by atomic mass is 9.79. The number of imide groups is 1. The van der Waals surface area contributed by atoms with E-state index in [1.807, 2.05) is 18.2 Å². The number of primary amides is 1. The lowest BCUT2D eigenvalue weighted by Gasteiger charge is -2.40. The molecular weight excluding hydrogens is 976 g/mol. The molecule has 3 aromatic heterocycles. The van der Waals surface area contributed by atoms with Gasteiger partial charge in [0, 0.05) is 67.6 Å². The molecule has 1 unspecified atom stereocenters. The molecule has 1 aliphatic carbocycles. The maximum Gasteiger partial charge on any atom is 0.396 e. The molecule has 2 aromatic carbocycles. The van der Waals surface area contributed by atoms with Crippen LogP contribution in [-0.4, -0.2) is 117 Å². The SMILES string of the molecule is Cn1c(=O)n(C2CCC(=O)NC2=O)c2ccc(CC[C@H]3CC[C@@H](C(=O)N4CC[C@H]5CC[C@@H](C(=O)N[C@@H](CCC(N)=O)c6ccccn6)N5C(=O)[C@@H](NC(=O)c5cc6cc(C(=O)P(=O)(O)O)ccc6[nH]5)C4)CC3)cc21. The average Bonchev–Trinajstić information content (AvgIpc) is 4.08. The predicted molar refractivity (Wildman–Crippen MR) is 267 cm³/mol. The number of rotatable bonds is 15. The molecule has 0 bridgehead atoms. The Bertz CT molecular complexity index is 3170. The number of carbonyl (C=O) groups excluding carboxylic acids is 8. The molecule has 390 valence electrons. The first kappa shape index (κ1) is 51.6. The molecule has 3 saturated heterocycles. The van der Waals surface area contributed by atoms with Gasteiger partial charge in [-0.2, -0.15) is 0 Å². The first-order valence-electron chi connectivity index (χ1n) is 25.0. The number of aryl methyl sites for hydroxylation is 2. The number of fused-ring (bicyclic) bond motifs is 3. The standard InChI is InChI=1S/C51H59N10O12P/c1-58-42-24-29(9-16-39(42)61(51(58)70)41-18-20-44(63)57-47(41)66)6-5-28-7-10-30(11-8-28)48(67)59-23-21-33-13-17-40(46(65)55-36(15-19-43(52)62)35-4-2-3-22-53-35)60(33)49(68)38(27-59)56-45(64)37-26-32-25-31(12-14-34(32)54-37)50(69)74(71,72)73/h2-4,9,12,14,16,22,24-26,28,30,33,36,38,40-41,54H,5-8,10-11,13,15,17-21,23,27H2,1H3,(H2,52,62)(H,55,65)(H,56,64)(H,57,63,66)(H2,71,72,73)/t28-,30+,33-,36+,38+,40+,41?/m1/s1. The van der Waals surface area contributed by atoms with E-state index >= 15 is 0 Å². The van der Waals surface area contributed by atoms with Crippen molar-refractivity contribution in [3.63, 3.8) is 0 Å². The minimum Gasteiger partial charge on any atom is -0.370 e. The Balaban J connectivity index is 0.895. The highest BCUT2D eigenvalue weighted by Gasteiger charge is 2.46. The minimum absolute atomic E-state index is 0.0265. The number of nitrogens with zero attached hydrogens (tertiary/aromatic N) is 5. The zero-order chi connectivity index (χ0) is 52.6. The third-order valence-electron chi connectivity index (χ3n) is 15.2. The summed E-state index contributed by atoms with van der Waals surface area (Å²) < 4.78 is 14.7. The number of H-pyrrole nitrogens is 1. The fraction of sp³-hybridized carbons (Fsp3) is 0.451. The summed E-state index contributed by atoms with van der Waals surface area (Å²) in [7, 11) is -3.43. The van der Waals surface area contributed by atoms with Gasteiger partial charge in [-0.3, -0.25) is 62.4 Å². The van der Waals surface area contributed by atoms with Crippen molar-refractivity contribution in [2.45, 2.75) is 114 Å². The van der Waals surface area contributed by atoms with Crippen LogP contribution in [-0.2, 0) is 46.8 Å². The molecule has 0 radical (unpaired) electrons. The van der Waals surface area contributed by atoms with Gasteiger partial charge in [-0.25, -0.2) is 4.79 Å². The minimum atomic E-state index is -5.10. The maximum atomic E-state index is 15.0. The second kappa shape index (κ2) is 21.3. The number of aromatic nitrogens is 4. The molecule has 6 heterocycles. The summed E-state index contributed by atoms with van der Waals surface area (Å²) in [6.07, 6.45) is 7.58. The fourth-order valence-electron chi connectivity index (χ4n) is 11.3. The lowest BCUT2D eigenvalue weighted by Crippen LogP contribution is -2.61. The third kappa shape index (κ3) is 10.8. The molecule has 5 atom stereocenters. The summed E-state index contributed by atoms with van der Waals surface area (Å²) >= 11 is 0. The Labute approximate surface area is 423 Å². The van der Waals surface area contributed by atoms with Crippen LogP contribution in [0.3, 0.4) is 0 Å². The Hall–Kier alpha value is -7.29. The average molecular weight is 1040 g/mol. The van der Waals surface area contributed by atoms with Gasteiger partial charge in [0.1, 0.15) is 23.8 Å². The van der Waals surface area contributed by atoms with Gasteiger partial charge in [0.15, 0.2) is 0 Å². The summed E-state index contributed by atoms with van der Waals surface area (Å²) in [6.45, 7) is 0.0651. The van der Waals surface area contributed by atoms with Gasteiger partial charge >= 0.3 is 13.3 Å². The number of carbonyl (C=O) groups is 8. The highest BCUT2D eigenvalue weighted by Crippen LogP contribution is 2.40. The van der Waals surface area contributed by atoms with Crippen LogP contribution in [0.4, 0.5) is 0 Å². The summed E-state index contributed by atoms with van der Waals surface area (Å²) in [5, 5.41) is 8.45. The highest BCUT2D eigenvalue weighted by atomic mass is 31.2. The van der Waals surface area contributed by atoms with E-state index in [9.17, 15) is 57.5 Å². The van der Waals surface area contributed by atoms with E-state index in [2.05, 4.69) is 25.9 Å². The Morgan fingerprint density at radius 2 is 1.69 bits per heavy atom. The van der Waals surface area contributed by atoms with Gasteiger partial charge in [-0.05, 0) is 131 Å². The fourth-order valence-corrected chi connectivity index (χ4v) is 11.8. The molecular formula is C51H59N10O12P. The number of benzene rings is 2. The summed E-state index contributed by atoms with van der Waals surface area (Å²) in [4.78, 5) is 149. The van der Waals surface area contributed by atoms with Crippen molar-refractivity contribution in [3.8, 4) is 0 Å². The summed E-state index contributed by atoms with van der Waals surface area (Å²) in [5.41, 5.74) is 6.68. The van der Waals surface area contributed by atoms with Crippen LogP contribution in [0.5, 0.6) is 0 Å². The normalized spacial score (nSPS) is 22.9. The topological polar surface area (TPSA) is 318 Å². The molecule has 9 rings (SSSR count). The summed E-state index contributed by atoms with van der Waals surface area (Å²) in [5.74, 6) is -3.33. The smallest absolute Gasteiger partial charge is 0.370 e.